The van der Waals surface area contributed by atoms with Gasteiger partial charge in [-0.05, 0) is 75.9 Å². The molecule has 0 unspecified atom stereocenters. The third-order valence-corrected chi connectivity index (χ3v) is 7.11. The number of likely N-dealkylation sites (tertiary alicyclic amines) is 1. The van der Waals surface area contributed by atoms with Gasteiger partial charge in [-0.25, -0.2) is 8.42 Å². The first-order chi connectivity index (χ1) is 13.7. The van der Waals surface area contributed by atoms with Crippen LogP contribution < -0.4 is 9.62 Å². The lowest BCUT2D eigenvalue weighted by molar-refractivity contribution is -0.121. The zero-order chi connectivity index (χ0) is 21.4. The van der Waals surface area contributed by atoms with Crippen molar-refractivity contribution >= 4 is 33.2 Å². The van der Waals surface area contributed by atoms with Gasteiger partial charge >= 0.3 is 0 Å². The van der Waals surface area contributed by atoms with Gasteiger partial charge < -0.3 is 10.2 Å². The van der Waals surface area contributed by atoms with Gasteiger partial charge in [-0.2, -0.15) is 0 Å². The van der Waals surface area contributed by atoms with Gasteiger partial charge in [0, 0.05) is 24.5 Å². The fraction of sp³-hybridized carbons (Fsp3) is 0.667. The topological polar surface area (TPSA) is 69.7 Å². The lowest BCUT2D eigenvalue weighted by Crippen LogP contribution is -2.35. The summed E-state index contributed by atoms with van der Waals surface area (Å²) in [6.45, 7) is 8.33. The van der Waals surface area contributed by atoms with E-state index in [0.29, 0.717) is 30.1 Å². The first-order valence-corrected chi connectivity index (χ1v) is 12.6. The number of nitrogens with one attached hydrogen (secondary N) is 1. The Morgan fingerprint density at radius 1 is 1.28 bits per heavy atom. The molecular weight excluding hydrogens is 410 g/mol. The molecule has 29 heavy (non-hydrogen) atoms. The second-order valence-corrected chi connectivity index (χ2v) is 10.4. The van der Waals surface area contributed by atoms with E-state index in [4.69, 9.17) is 11.6 Å². The molecule has 164 valence electrons. The summed E-state index contributed by atoms with van der Waals surface area (Å²) in [7, 11) is -3.46. The molecule has 1 heterocycles. The van der Waals surface area contributed by atoms with Gasteiger partial charge in [-0.3, -0.25) is 9.10 Å². The number of anilines is 1. The fourth-order valence-electron chi connectivity index (χ4n) is 3.62. The number of rotatable bonds is 10. The molecule has 1 N–H and O–H groups in total. The smallest absolute Gasteiger partial charge is 0.232 e. The maximum absolute atomic E-state index is 12.2. The molecule has 0 atom stereocenters. The summed E-state index contributed by atoms with van der Waals surface area (Å²) in [4.78, 5) is 14.6. The first kappa shape index (κ1) is 24.0. The largest absolute Gasteiger partial charge is 0.356 e. The molecule has 6 nitrogen and oxygen atoms in total. The predicted octanol–water partition coefficient (Wildman–Crippen LogP) is 3.43. The highest BCUT2D eigenvalue weighted by atomic mass is 35.5. The molecule has 0 bridgehead atoms. The highest BCUT2D eigenvalue weighted by molar-refractivity contribution is 7.92. The molecule has 8 heteroatoms. The minimum atomic E-state index is -3.46. The Bertz CT molecular complexity index is 777. The highest BCUT2D eigenvalue weighted by Crippen LogP contribution is 2.28. The Morgan fingerprint density at radius 3 is 2.62 bits per heavy atom. The van der Waals surface area contributed by atoms with E-state index >= 15 is 0 Å². The maximum atomic E-state index is 12.2. The molecule has 1 saturated heterocycles. The van der Waals surface area contributed by atoms with E-state index in [1.54, 1.807) is 25.1 Å². The number of amides is 1. The van der Waals surface area contributed by atoms with Crippen LogP contribution in [-0.4, -0.2) is 58.2 Å². The van der Waals surface area contributed by atoms with Crippen LogP contribution in [0.3, 0.4) is 0 Å². The summed E-state index contributed by atoms with van der Waals surface area (Å²) in [6.07, 6.45) is 5.39. The SMILES string of the molecule is Cc1c(Cl)cccc1N(CCCC(=O)NCCCN1CCC(C)CC1)S(C)(=O)=O. The van der Waals surface area contributed by atoms with Gasteiger partial charge in [0.15, 0.2) is 0 Å². The summed E-state index contributed by atoms with van der Waals surface area (Å²) < 4.78 is 25.8. The molecule has 0 spiro atoms. The lowest BCUT2D eigenvalue weighted by atomic mass is 9.99. The Labute approximate surface area is 180 Å². The molecule has 0 aromatic heterocycles. The molecule has 1 aliphatic heterocycles. The van der Waals surface area contributed by atoms with Crippen LogP contribution in [0.15, 0.2) is 18.2 Å². The van der Waals surface area contributed by atoms with Crippen molar-refractivity contribution in [3.8, 4) is 0 Å². The molecule has 1 aromatic rings. The Hall–Kier alpha value is -1.31. The van der Waals surface area contributed by atoms with Crippen molar-refractivity contribution in [1.29, 1.82) is 0 Å². The number of hydrogen-bond acceptors (Lipinski definition) is 4. The molecule has 1 fully saturated rings. The summed E-state index contributed by atoms with van der Waals surface area (Å²) >= 11 is 6.14. The van der Waals surface area contributed by atoms with Crippen molar-refractivity contribution in [2.75, 3.05) is 43.3 Å². The zero-order valence-electron chi connectivity index (χ0n) is 17.8. The second-order valence-electron chi connectivity index (χ2n) is 8.05. The molecule has 2 rings (SSSR count). The minimum Gasteiger partial charge on any atom is -0.356 e. The van der Waals surface area contributed by atoms with Crippen LogP contribution in [0, 0.1) is 12.8 Å². The standard InChI is InChI=1S/C21H34ClN3O3S/c1-17-10-15-24(16-11-17)13-6-12-23-21(26)9-5-14-25(29(3,27)28)20-8-4-7-19(22)18(20)2/h4,7-8,17H,5-6,9-16H2,1-3H3,(H,23,26). The van der Waals surface area contributed by atoms with E-state index in [-0.39, 0.29) is 12.5 Å². The Balaban J connectivity index is 1.73. The van der Waals surface area contributed by atoms with Crippen LogP contribution >= 0.6 is 11.6 Å². The number of sulfonamides is 1. The highest BCUT2D eigenvalue weighted by Gasteiger charge is 2.20. The number of carbonyl (C=O) groups excluding carboxylic acids is 1. The van der Waals surface area contributed by atoms with Crippen molar-refractivity contribution in [3.05, 3.63) is 28.8 Å². The van der Waals surface area contributed by atoms with Gasteiger partial charge in [-0.1, -0.05) is 24.6 Å². The molecular formula is C21H34ClN3O3S. The van der Waals surface area contributed by atoms with E-state index in [0.717, 1.165) is 37.5 Å². The molecule has 1 aromatic carbocycles. The van der Waals surface area contributed by atoms with E-state index in [1.807, 2.05) is 0 Å². The molecule has 1 aliphatic rings. The van der Waals surface area contributed by atoms with Crippen LogP contribution in [-0.2, 0) is 14.8 Å². The van der Waals surface area contributed by atoms with Crippen LogP contribution in [0.4, 0.5) is 5.69 Å². The molecule has 0 saturated carbocycles. The van der Waals surface area contributed by atoms with Crippen molar-refractivity contribution in [1.82, 2.24) is 10.2 Å². The summed E-state index contributed by atoms with van der Waals surface area (Å²) in [5.74, 6) is 0.793. The first-order valence-electron chi connectivity index (χ1n) is 10.4. The lowest BCUT2D eigenvalue weighted by Gasteiger charge is -2.30. The third kappa shape index (κ3) is 7.79. The average molecular weight is 444 g/mol. The van der Waals surface area contributed by atoms with E-state index in [1.165, 1.54) is 23.4 Å². The number of halogens is 1. The van der Waals surface area contributed by atoms with Crippen LogP contribution in [0.1, 0.15) is 44.6 Å². The van der Waals surface area contributed by atoms with Crippen molar-refractivity contribution in [3.63, 3.8) is 0 Å². The number of piperidine rings is 1. The number of carbonyl (C=O) groups is 1. The zero-order valence-corrected chi connectivity index (χ0v) is 19.4. The van der Waals surface area contributed by atoms with Crippen molar-refractivity contribution in [2.24, 2.45) is 5.92 Å². The number of nitrogens with zero attached hydrogens (tertiary/aromatic N) is 2. The van der Waals surface area contributed by atoms with Gasteiger partial charge in [0.1, 0.15) is 0 Å². The van der Waals surface area contributed by atoms with Crippen LogP contribution in [0.5, 0.6) is 0 Å². The Kier molecular flexibility index (Phi) is 9.24. The van der Waals surface area contributed by atoms with Gasteiger partial charge in [0.2, 0.25) is 15.9 Å². The predicted molar refractivity (Wildman–Crippen MR) is 120 cm³/mol. The van der Waals surface area contributed by atoms with E-state index in [2.05, 4.69) is 17.1 Å². The minimum absolute atomic E-state index is 0.0338. The fourth-order valence-corrected chi connectivity index (χ4v) is 4.80. The van der Waals surface area contributed by atoms with Crippen molar-refractivity contribution < 1.29 is 13.2 Å². The summed E-state index contributed by atoms with van der Waals surface area (Å²) in [5, 5.41) is 3.47. The van der Waals surface area contributed by atoms with Crippen LogP contribution in [0.2, 0.25) is 5.02 Å². The van der Waals surface area contributed by atoms with Crippen molar-refractivity contribution in [2.45, 2.75) is 46.0 Å². The maximum Gasteiger partial charge on any atom is 0.232 e. The van der Waals surface area contributed by atoms with Gasteiger partial charge in [-0.15, -0.1) is 0 Å². The normalized spacial score (nSPS) is 16.0. The third-order valence-electron chi connectivity index (χ3n) is 5.52. The van der Waals surface area contributed by atoms with Gasteiger partial charge in [0.25, 0.3) is 0 Å². The number of hydrogen-bond donors (Lipinski definition) is 1. The molecule has 0 aliphatic carbocycles. The molecule has 0 radical (unpaired) electrons. The summed E-state index contributed by atoms with van der Waals surface area (Å²) in [6, 6.07) is 5.21. The Morgan fingerprint density at radius 2 is 1.97 bits per heavy atom. The van der Waals surface area contributed by atoms with Gasteiger partial charge in [0.05, 0.1) is 11.9 Å². The second kappa shape index (κ2) is 11.2. The molecule has 1 amide bonds. The summed E-state index contributed by atoms with van der Waals surface area (Å²) in [5.41, 5.74) is 1.28. The quantitative estimate of drug-likeness (QED) is 0.562. The average Bonchev–Trinajstić information content (AvgIpc) is 2.65. The number of benzene rings is 1. The van der Waals surface area contributed by atoms with E-state index < -0.39 is 10.0 Å². The van der Waals surface area contributed by atoms with E-state index in [9.17, 15) is 13.2 Å². The van der Waals surface area contributed by atoms with Crippen LogP contribution in [0.25, 0.3) is 0 Å². The monoisotopic (exact) mass is 443 g/mol.